The molecule has 0 saturated heterocycles. The van der Waals surface area contributed by atoms with E-state index in [-0.39, 0.29) is 5.97 Å². The molecule has 0 aliphatic heterocycles. The van der Waals surface area contributed by atoms with Crippen molar-refractivity contribution in [2.24, 2.45) is 11.8 Å². The zero-order valence-corrected chi connectivity index (χ0v) is 14.2. The minimum Gasteiger partial charge on any atom is -0.465 e. The highest BCUT2D eigenvalue weighted by molar-refractivity contribution is 5.82. The van der Waals surface area contributed by atoms with Crippen LogP contribution in [0.1, 0.15) is 52.4 Å². The molecular weight excluding hydrogens is 264 g/mol. The molecule has 1 N–H and O–H groups in total. The molecule has 0 aromatic rings. The molecule has 2 fully saturated rings. The van der Waals surface area contributed by atoms with E-state index in [4.69, 9.17) is 4.74 Å². The largest absolute Gasteiger partial charge is 0.465 e. The predicted octanol–water partition coefficient (Wildman–Crippen LogP) is 2.43. The van der Waals surface area contributed by atoms with Gasteiger partial charge in [-0.3, -0.25) is 0 Å². The van der Waals surface area contributed by atoms with Gasteiger partial charge in [-0.05, 0) is 58.5 Å². The van der Waals surface area contributed by atoms with Crippen molar-refractivity contribution >= 4 is 5.97 Å². The monoisotopic (exact) mass is 296 g/mol. The Morgan fingerprint density at radius 1 is 1.29 bits per heavy atom. The summed E-state index contributed by atoms with van der Waals surface area (Å²) in [7, 11) is 4.09. The molecule has 122 valence electrons. The lowest BCUT2D eigenvalue weighted by molar-refractivity contribution is -0.153. The zero-order chi connectivity index (χ0) is 15.5. The fourth-order valence-corrected chi connectivity index (χ4v) is 4.04. The van der Waals surface area contributed by atoms with E-state index < -0.39 is 5.54 Å². The molecule has 2 saturated carbocycles. The van der Waals surface area contributed by atoms with Gasteiger partial charge in [0.25, 0.3) is 0 Å². The molecule has 0 aromatic carbocycles. The number of carbonyl (C=O) groups is 1. The minimum absolute atomic E-state index is 0.0645. The fraction of sp³-hybridized carbons (Fsp3) is 0.941. The number of esters is 1. The highest BCUT2D eigenvalue weighted by Crippen LogP contribution is 2.41. The summed E-state index contributed by atoms with van der Waals surface area (Å²) in [5, 5.41) is 3.33. The molecule has 21 heavy (non-hydrogen) atoms. The number of hydrogen-bond acceptors (Lipinski definition) is 4. The first-order valence-corrected chi connectivity index (χ1v) is 8.61. The lowest BCUT2D eigenvalue weighted by Crippen LogP contribution is -2.61. The van der Waals surface area contributed by atoms with E-state index in [1.807, 2.05) is 14.0 Å². The molecule has 4 heteroatoms. The molecule has 2 rings (SSSR count). The summed E-state index contributed by atoms with van der Waals surface area (Å²) in [6, 6.07) is 0.597. The number of hydrogen-bond donors (Lipinski definition) is 1. The predicted molar refractivity (Wildman–Crippen MR) is 85.2 cm³/mol. The van der Waals surface area contributed by atoms with Gasteiger partial charge in [-0.15, -0.1) is 0 Å². The van der Waals surface area contributed by atoms with Crippen LogP contribution in [0.2, 0.25) is 0 Å². The SMILES string of the molecule is CCOC(=O)C(CN(C)C1CCCCC1C)(NC)C1CC1. The summed E-state index contributed by atoms with van der Waals surface area (Å²) in [5.74, 6) is 1.09. The van der Waals surface area contributed by atoms with E-state index in [1.54, 1.807) is 0 Å². The first kappa shape index (κ1) is 16.8. The molecule has 3 atom stereocenters. The quantitative estimate of drug-likeness (QED) is 0.733. The van der Waals surface area contributed by atoms with Crippen molar-refractivity contribution in [1.29, 1.82) is 0 Å². The van der Waals surface area contributed by atoms with Gasteiger partial charge < -0.3 is 15.0 Å². The molecular formula is C17H32N2O2. The summed E-state index contributed by atoms with van der Waals surface area (Å²) < 4.78 is 5.39. The Labute approximate surface area is 129 Å². The lowest BCUT2D eigenvalue weighted by atomic mass is 9.83. The van der Waals surface area contributed by atoms with Crippen molar-refractivity contribution in [1.82, 2.24) is 10.2 Å². The van der Waals surface area contributed by atoms with Gasteiger partial charge in [0, 0.05) is 12.6 Å². The third-order valence-electron chi connectivity index (χ3n) is 5.49. The molecule has 0 spiro atoms. The minimum atomic E-state index is -0.512. The van der Waals surface area contributed by atoms with E-state index in [9.17, 15) is 4.79 Å². The van der Waals surface area contributed by atoms with Crippen LogP contribution >= 0.6 is 0 Å². The fourth-order valence-electron chi connectivity index (χ4n) is 4.04. The lowest BCUT2D eigenvalue weighted by Gasteiger charge is -2.42. The number of rotatable bonds is 7. The average molecular weight is 296 g/mol. The summed E-state index contributed by atoms with van der Waals surface area (Å²) in [4.78, 5) is 15.0. The van der Waals surface area contributed by atoms with Crippen LogP contribution < -0.4 is 5.32 Å². The number of nitrogens with one attached hydrogen (secondary N) is 1. The Hall–Kier alpha value is -0.610. The van der Waals surface area contributed by atoms with Gasteiger partial charge in [-0.25, -0.2) is 4.79 Å². The van der Waals surface area contributed by atoms with Crippen LogP contribution in [0.25, 0.3) is 0 Å². The Morgan fingerprint density at radius 3 is 2.48 bits per heavy atom. The first-order chi connectivity index (χ1) is 10.0. The van der Waals surface area contributed by atoms with Crippen molar-refractivity contribution in [3.8, 4) is 0 Å². The second kappa shape index (κ2) is 7.10. The van der Waals surface area contributed by atoms with Gasteiger partial charge in [0.2, 0.25) is 0 Å². The Bertz CT molecular complexity index is 357. The summed E-state index contributed by atoms with van der Waals surface area (Å²) >= 11 is 0. The maximum atomic E-state index is 12.6. The third-order valence-corrected chi connectivity index (χ3v) is 5.49. The molecule has 2 aliphatic carbocycles. The topological polar surface area (TPSA) is 41.6 Å². The third kappa shape index (κ3) is 3.59. The van der Waals surface area contributed by atoms with Crippen molar-refractivity contribution in [3.63, 3.8) is 0 Å². The smallest absolute Gasteiger partial charge is 0.327 e. The molecule has 0 heterocycles. The first-order valence-electron chi connectivity index (χ1n) is 8.61. The van der Waals surface area contributed by atoms with Gasteiger partial charge in [0.1, 0.15) is 5.54 Å². The number of likely N-dealkylation sites (N-methyl/N-ethyl adjacent to an activating group) is 2. The number of carbonyl (C=O) groups excluding carboxylic acids is 1. The highest BCUT2D eigenvalue weighted by Gasteiger charge is 2.52. The summed E-state index contributed by atoms with van der Waals surface area (Å²) in [5.41, 5.74) is -0.512. The second-order valence-corrected chi connectivity index (χ2v) is 6.96. The van der Waals surface area contributed by atoms with E-state index in [1.165, 1.54) is 25.7 Å². The Morgan fingerprint density at radius 2 is 1.95 bits per heavy atom. The van der Waals surface area contributed by atoms with Crippen LogP contribution in [-0.4, -0.2) is 49.7 Å². The number of nitrogens with zero attached hydrogens (tertiary/aromatic N) is 1. The van der Waals surface area contributed by atoms with Gasteiger partial charge in [0.15, 0.2) is 0 Å². The number of ether oxygens (including phenoxy) is 1. The van der Waals surface area contributed by atoms with Crippen molar-refractivity contribution in [3.05, 3.63) is 0 Å². The molecule has 0 aromatic heterocycles. The normalized spacial score (nSPS) is 29.2. The highest BCUT2D eigenvalue weighted by atomic mass is 16.5. The molecule has 2 aliphatic rings. The molecule has 3 unspecified atom stereocenters. The molecule has 4 nitrogen and oxygen atoms in total. The van der Waals surface area contributed by atoms with Gasteiger partial charge >= 0.3 is 5.97 Å². The Balaban J connectivity index is 2.08. The van der Waals surface area contributed by atoms with Gasteiger partial charge in [-0.1, -0.05) is 19.8 Å². The van der Waals surface area contributed by atoms with E-state index in [0.717, 1.165) is 25.3 Å². The van der Waals surface area contributed by atoms with E-state index in [2.05, 4.69) is 24.2 Å². The van der Waals surface area contributed by atoms with Gasteiger partial charge in [-0.2, -0.15) is 0 Å². The van der Waals surface area contributed by atoms with E-state index in [0.29, 0.717) is 18.6 Å². The zero-order valence-electron chi connectivity index (χ0n) is 14.2. The molecule has 0 amide bonds. The average Bonchev–Trinajstić information content (AvgIpc) is 3.30. The standard InChI is InChI=1S/C17H32N2O2/c1-5-21-16(20)17(18-3,14-10-11-14)12-19(4)15-9-7-6-8-13(15)2/h13-15,18H,5-12H2,1-4H3. The van der Waals surface area contributed by atoms with Crippen LogP contribution in [0, 0.1) is 11.8 Å². The van der Waals surface area contributed by atoms with Crippen LogP contribution in [0.5, 0.6) is 0 Å². The van der Waals surface area contributed by atoms with Crippen molar-refractivity contribution in [2.75, 3.05) is 27.2 Å². The van der Waals surface area contributed by atoms with Gasteiger partial charge in [0.05, 0.1) is 6.61 Å². The summed E-state index contributed by atoms with van der Waals surface area (Å²) in [6.45, 7) is 5.46. The maximum absolute atomic E-state index is 12.6. The molecule has 0 bridgehead atoms. The van der Waals surface area contributed by atoms with Crippen molar-refractivity contribution < 1.29 is 9.53 Å². The van der Waals surface area contributed by atoms with E-state index >= 15 is 0 Å². The maximum Gasteiger partial charge on any atom is 0.327 e. The second-order valence-electron chi connectivity index (χ2n) is 6.96. The summed E-state index contributed by atoms with van der Waals surface area (Å²) in [6.07, 6.45) is 7.49. The van der Waals surface area contributed by atoms with Crippen molar-refractivity contribution in [2.45, 2.75) is 64.0 Å². The van der Waals surface area contributed by atoms with Crippen LogP contribution in [0.15, 0.2) is 0 Å². The van der Waals surface area contributed by atoms with Crippen LogP contribution in [0.4, 0.5) is 0 Å². The van der Waals surface area contributed by atoms with Crippen LogP contribution in [-0.2, 0) is 9.53 Å². The Kier molecular flexibility index (Phi) is 5.67. The molecule has 0 radical (unpaired) electrons. The van der Waals surface area contributed by atoms with Crippen LogP contribution in [0.3, 0.4) is 0 Å².